The second-order valence-corrected chi connectivity index (χ2v) is 9.21. The van der Waals surface area contributed by atoms with Crippen molar-refractivity contribution >= 4 is 11.8 Å². The number of hydrogen-bond acceptors (Lipinski definition) is 4. The van der Waals surface area contributed by atoms with Crippen molar-refractivity contribution in [3.8, 4) is 0 Å². The van der Waals surface area contributed by atoms with Gasteiger partial charge in [0.05, 0.1) is 25.2 Å². The Hall–Kier alpha value is -2.67. The first-order valence-electron chi connectivity index (χ1n) is 12.0. The van der Waals surface area contributed by atoms with Crippen molar-refractivity contribution in [1.29, 1.82) is 0 Å². The van der Waals surface area contributed by atoms with Crippen LogP contribution in [0.2, 0.25) is 0 Å². The molecule has 32 heavy (non-hydrogen) atoms. The van der Waals surface area contributed by atoms with Crippen LogP contribution >= 0.6 is 0 Å². The second-order valence-electron chi connectivity index (χ2n) is 9.21. The van der Waals surface area contributed by atoms with E-state index in [0.29, 0.717) is 37.8 Å². The maximum absolute atomic E-state index is 13.2. The zero-order valence-electron chi connectivity index (χ0n) is 18.6. The zero-order chi connectivity index (χ0) is 21.9. The highest BCUT2D eigenvalue weighted by Crippen LogP contribution is 2.29. The van der Waals surface area contributed by atoms with Crippen molar-refractivity contribution in [2.24, 2.45) is 5.92 Å². The molecule has 2 amide bonds. The molecule has 0 bridgehead atoms. The van der Waals surface area contributed by atoms with E-state index in [4.69, 9.17) is 4.74 Å². The number of rotatable bonds is 3. The average molecular weight is 437 g/mol. The van der Waals surface area contributed by atoms with E-state index in [-0.39, 0.29) is 17.9 Å². The van der Waals surface area contributed by atoms with Crippen LogP contribution in [0.3, 0.4) is 0 Å². The number of ether oxygens (including phenoxy) is 1. The van der Waals surface area contributed by atoms with Gasteiger partial charge in [-0.05, 0) is 31.2 Å². The fourth-order valence-electron chi connectivity index (χ4n) is 5.20. The minimum absolute atomic E-state index is 0.0263. The lowest BCUT2D eigenvalue weighted by Crippen LogP contribution is -2.45. The van der Waals surface area contributed by atoms with Crippen molar-refractivity contribution in [2.45, 2.75) is 57.8 Å². The largest absolute Gasteiger partial charge is 0.365 e. The molecule has 0 spiro atoms. The molecule has 0 N–H and O–H groups in total. The van der Waals surface area contributed by atoms with E-state index in [1.54, 1.807) is 6.33 Å². The molecule has 0 radical (unpaired) electrons. The molecule has 1 aromatic carbocycles. The van der Waals surface area contributed by atoms with Gasteiger partial charge in [-0.25, -0.2) is 4.98 Å². The molecule has 5 rings (SSSR count). The Kier molecular flexibility index (Phi) is 6.26. The third kappa shape index (κ3) is 4.31. The normalized spacial score (nSPS) is 22.3. The molecule has 2 aromatic rings. The molecule has 3 aliphatic heterocycles. The minimum atomic E-state index is -0.0406. The first-order valence-corrected chi connectivity index (χ1v) is 12.0. The topological polar surface area (TPSA) is 67.7 Å². The maximum Gasteiger partial charge on any atom is 0.274 e. The van der Waals surface area contributed by atoms with Crippen molar-refractivity contribution < 1.29 is 14.3 Å². The molecule has 7 heteroatoms. The lowest BCUT2D eigenvalue weighted by molar-refractivity contribution is -0.136. The van der Waals surface area contributed by atoms with E-state index in [2.05, 4.69) is 22.0 Å². The van der Waals surface area contributed by atoms with Gasteiger partial charge >= 0.3 is 0 Å². The molecule has 2 fully saturated rings. The molecule has 3 aliphatic rings. The number of aromatic nitrogens is 2. The van der Waals surface area contributed by atoms with Gasteiger partial charge in [-0.3, -0.25) is 9.59 Å². The molecule has 7 nitrogen and oxygen atoms in total. The number of carbonyl (C=O) groups is 2. The van der Waals surface area contributed by atoms with Gasteiger partial charge in [0.25, 0.3) is 5.91 Å². The van der Waals surface area contributed by atoms with Gasteiger partial charge in [-0.1, -0.05) is 43.2 Å². The molecule has 1 aromatic heterocycles. The Morgan fingerprint density at radius 2 is 1.62 bits per heavy atom. The van der Waals surface area contributed by atoms with Crippen LogP contribution in [0.4, 0.5) is 0 Å². The third-order valence-electron chi connectivity index (χ3n) is 7.15. The number of nitrogens with zero attached hydrogens (tertiary/aromatic N) is 4. The Bertz CT molecular complexity index is 941. The molecule has 1 atom stereocenters. The number of piperidine rings is 1. The number of likely N-dealkylation sites (tertiary alicyclic amines) is 2. The Morgan fingerprint density at radius 3 is 2.34 bits per heavy atom. The number of carbonyl (C=O) groups excluding carboxylic acids is 2. The number of amides is 2. The average Bonchev–Trinajstić information content (AvgIpc) is 3.08. The fraction of sp³-hybridized carbons (Fsp3) is 0.560. The maximum atomic E-state index is 13.2. The van der Waals surface area contributed by atoms with Crippen molar-refractivity contribution in [2.75, 3.05) is 26.2 Å². The minimum Gasteiger partial charge on any atom is -0.365 e. The standard InChI is InChI=1S/C25H32N4O3/c30-24(27-12-6-1-2-7-13-27)20-10-14-28(15-11-20)25(31)23-21-17-32-22(16-29(21)18-26-23)19-8-4-3-5-9-19/h3-5,8-9,18,20,22H,1-2,6-7,10-17H2/t22-/m0/s1. The van der Waals surface area contributed by atoms with E-state index in [0.717, 1.165) is 50.0 Å². The van der Waals surface area contributed by atoms with E-state index in [1.807, 2.05) is 27.7 Å². The second kappa shape index (κ2) is 9.45. The number of benzene rings is 1. The van der Waals surface area contributed by atoms with Crippen LogP contribution in [0.15, 0.2) is 36.7 Å². The number of hydrogen-bond donors (Lipinski definition) is 0. The SMILES string of the molecule is O=C(c1ncn2c1CO[C@H](c1ccccc1)C2)N1CCC(C(=O)N2CCCCCC2)CC1. The molecular weight excluding hydrogens is 404 g/mol. The van der Waals surface area contributed by atoms with Crippen LogP contribution in [0.25, 0.3) is 0 Å². The molecule has 170 valence electrons. The van der Waals surface area contributed by atoms with Crippen LogP contribution in [-0.4, -0.2) is 57.3 Å². The van der Waals surface area contributed by atoms with Gasteiger partial charge in [0.15, 0.2) is 5.69 Å². The van der Waals surface area contributed by atoms with Crippen LogP contribution in [-0.2, 0) is 22.7 Å². The smallest absolute Gasteiger partial charge is 0.274 e. The highest BCUT2D eigenvalue weighted by molar-refractivity contribution is 5.93. The quantitative estimate of drug-likeness (QED) is 0.740. The van der Waals surface area contributed by atoms with Crippen LogP contribution in [0.1, 0.15) is 66.4 Å². The molecule has 0 unspecified atom stereocenters. The summed E-state index contributed by atoms with van der Waals surface area (Å²) in [5.74, 6) is 0.294. The highest BCUT2D eigenvalue weighted by atomic mass is 16.5. The summed E-state index contributed by atoms with van der Waals surface area (Å²) in [7, 11) is 0. The molecular formula is C25H32N4O3. The third-order valence-corrected chi connectivity index (χ3v) is 7.15. The molecule has 2 saturated heterocycles. The summed E-state index contributed by atoms with van der Waals surface area (Å²) in [4.78, 5) is 34.5. The Balaban J connectivity index is 1.19. The van der Waals surface area contributed by atoms with Gasteiger partial charge in [-0.2, -0.15) is 0 Å². The molecule has 0 saturated carbocycles. The van der Waals surface area contributed by atoms with Crippen molar-refractivity contribution in [3.63, 3.8) is 0 Å². The van der Waals surface area contributed by atoms with Crippen LogP contribution in [0.5, 0.6) is 0 Å². The predicted molar refractivity (Wildman–Crippen MR) is 120 cm³/mol. The monoisotopic (exact) mass is 436 g/mol. The summed E-state index contributed by atoms with van der Waals surface area (Å²) >= 11 is 0. The van der Waals surface area contributed by atoms with Crippen LogP contribution in [0, 0.1) is 5.92 Å². The van der Waals surface area contributed by atoms with E-state index in [9.17, 15) is 9.59 Å². The lowest BCUT2D eigenvalue weighted by Gasteiger charge is -2.34. The van der Waals surface area contributed by atoms with Gasteiger partial charge in [0.1, 0.15) is 6.10 Å². The van der Waals surface area contributed by atoms with Gasteiger partial charge in [0.2, 0.25) is 5.91 Å². The molecule has 4 heterocycles. The number of fused-ring (bicyclic) bond motifs is 1. The van der Waals surface area contributed by atoms with Crippen molar-refractivity contribution in [1.82, 2.24) is 19.4 Å². The van der Waals surface area contributed by atoms with Crippen molar-refractivity contribution in [3.05, 3.63) is 53.6 Å². The highest BCUT2D eigenvalue weighted by Gasteiger charge is 2.33. The summed E-state index contributed by atoms with van der Waals surface area (Å²) in [6.07, 6.45) is 7.89. The van der Waals surface area contributed by atoms with Gasteiger partial charge in [0, 0.05) is 32.1 Å². The summed E-state index contributed by atoms with van der Waals surface area (Å²) < 4.78 is 8.12. The first-order chi connectivity index (χ1) is 15.7. The summed E-state index contributed by atoms with van der Waals surface area (Å²) in [6, 6.07) is 10.2. The lowest BCUT2D eigenvalue weighted by atomic mass is 9.94. The predicted octanol–water partition coefficient (Wildman–Crippen LogP) is 3.41. The Morgan fingerprint density at radius 1 is 0.906 bits per heavy atom. The number of imidazole rings is 1. The van der Waals surface area contributed by atoms with E-state index >= 15 is 0 Å². The van der Waals surface area contributed by atoms with E-state index < -0.39 is 0 Å². The van der Waals surface area contributed by atoms with Gasteiger partial charge < -0.3 is 19.1 Å². The fourth-order valence-corrected chi connectivity index (χ4v) is 5.20. The van der Waals surface area contributed by atoms with E-state index in [1.165, 1.54) is 12.8 Å². The summed E-state index contributed by atoms with van der Waals surface area (Å²) in [6.45, 7) is 4.05. The zero-order valence-corrected chi connectivity index (χ0v) is 18.6. The summed E-state index contributed by atoms with van der Waals surface area (Å²) in [5, 5.41) is 0. The Labute approximate surface area is 189 Å². The van der Waals surface area contributed by atoms with Gasteiger partial charge in [-0.15, -0.1) is 0 Å². The molecule has 0 aliphatic carbocycles. The summed E-state index contributed by atoms with van der Waals surface area (Å²) in [5.41, 5.74) is 2.48. The first kappa shape index (κ1) is 21.2. The van der Waals surface area contributed by atoms with Crippen LogP contribution < -0.4 is 0 Å².